The Morgan fingerprint density at radius 1 is 1.03 bits per heavy atom. The molecule has 0 saturated carbocycles. The lowest BCUT2D eigenvalue weighted by Gasteiger charge is -2.34. The van der Waals surface area contributed by atoms with Gasteiger partial charge in [-0.2, -0.15) is 0 Å². The Hall–Kier alpha value is -3.38. The molecule has 4 aromatic rings. The van der Waals surface area contributed by atoms with Crippen molar-refractivity contribution in [3.05, 3.63) is 66.6 Å². The number of benzene rings is 1. The molecule has 10 nitrogen and oxygen atoms in total. The molecule has 1 atom stereocenters. The third-order valence-electron chi connectivity index (χ3n) is 5.96. The van der Waals surface area contributed by atoms with Crippen LogP contribution < -0.4 is 14.9 Å². The first-order chi connectivity index (χ1) is 16.6. The number of anilines is 3. The summed E-state index contributed by atoms with van der Waals surface area (Å²) in [5.41, 5.74) is 5.32. The molecule has 3 aromatic heterocycles. The lowest BCUT2D eigenvalue weighted by Crippen LogP contribution is -2.44. The van der Waals surface area contributed by atoms with Crippen molar-refractivity contribution in [3.63, 3.8) is 0 Å². The maximum atomic E-state index is 11.0. The zero-order valence-electron chi connectivity index (χ0n) is 18.7. The van der Waals surface area contributed by atoms with Crippen LogP contribution in [-0.2, 0) is 17.8 Å². The Bertz CT molecular complexity index is 1300. The van der Waals surface area contributed by atoms with E-state index in [9.17, 15) is 8.76 Å². The Labute approximate surface area is 200 Å². The van der Waals surface area contributed by atoms with Crippen LogP contribution in [0.15, 0.2) is 61.1 Å². The highest BCUT2D eigenvalue weighted by Gasteiger charge is 2.15. The standard InChI is InChI=1S/C23H26N8O2S/c1-29-10-12-30(13-11-29)19-4-2-18(3-5-19)27-23-25-15-20-6-7-22(31(20)28-23)21-16-24-9-8-17(21)14-26-34(32)33/h2-9,15-16,26H,10-14H2,1H3,(H,27,28)(H,32,33)/p-1. The number of nitrogens with zero attached hydrogens (tertiary/aromatic N) is 6. The molecule has 1 saturated heterocycles. The van der Waals surface area contributed by atoms with Crippen molar-refractivity contribution in [1.29, 1.82) is 0 Å². The minimum absolute atomic E-state index is 0.164. The highest BCUT2D eigenvalue weighted by atomic mass is 32.2. The van der Waals surface area contributed by atoms with E-state index in [1.54, 1.807) is 29.2 Å². The molecule has 0 bridgehead atoms. The van der Waals surface area contributed by atoms with Crippen molar-refractivity contribution in [2.24, 2.45) is 0 Å². The molecule has 34 heavy (non-hydrogen) atoms. The van der Waals surface area contributed by atoms with E-state index in [0.717, 1.165) is 54.2 Å². The summed E-state index contributed by atoms with van der Waals surface area (Å²) in [6.45, 7) is 4.34. The number of hydrogen-bond donors (Lipinski definition) is 2. The number of rotatable bonds is 7. The second kappa shape index (κ2) is 9.85. The van der Waals surface area contributed by atoms with Gasteiger partial charge in [0.2, 0.25) is 5.95 Å². The number of hydrogen-bond acceptors (Lipinski definition) is 8. The number of fused-ring (bicyclic) bond motifs is 1. The molecule has 0 aliphatic carbocycles. The highest BCUT2D eigenvalue weighted by Crippen LogP contribution is 2.26. The molecule has 11 heteroatoms. The van der Waals surface area contributed by atoms with Crippen molar-refractivity contribution in [2.75, 3.05) is 43.4 Å². The van der Waals surface area contributed by atoms with E-state index in [1.807, 2.05) is 24.3 Å². The van der Waals surface area contributed by atoms with Gasteiger partial charge >= 0.3 is 0 Å². The van der Waals surface area contributed by atoms with E-state index in [0.29, 0.717) is 5.95 Å². The summed E-state index contributed by atoms with van der Waals surface area (Å²) in [5, 5.41) is 7.95. The van der Waals surface area contributed by atoms with Gasteiger partial charge in [-0.1, -0.05) is 0 Å². The summed E-state index contributed by atoms with van der Waals surface area (Å²) < 4.78 is 26.1. The van der Waals surface area contributed by atoms with Crippen LogP contribution in [0.25, 0.3) is 16.8 Å². The molecule has 1 unspecified atom stereocenters. The van der Waals surface area contributed by atoms with Crippen LogP contribution in [0, 0.1) is 0 Å². The predicted octanol–water partition coefficient (Wildman–Crippen LogP) is 2.17. The van der Waals surface area contributed by atoms with Crippen molar-refractivity contribution in [1.82, 2.24) is 29.2 Å². The molecule has 0 spiro atoms. The molecule has 0 radical (unpaired) electrons. The maximum absolute atomic E-state index is 11.0. The molecule has 4 heterocycles. The van der Waals surface area contributed by atoms with Crippen molar-refractivity contribution < 1.29 is 8.76 Å². The van der Waals surface area contributed by atoms with Crippen LogP contribution in [0.3, 0.4) is 0 Å². The van der Waals surface area contributed by atoms with Crippen LogP contribution in [0.4, 0.5) is 17.3 Å². The monoisotopic (exact) mass is 477 g/mol. The Balaban J connectivity index is 1.37. The van der Waals surface area contributed by atoms with E-state index in [2.05, 4.69) is 54.1 Å². The van der Waals surface area contributed by atoms with E-state index in [1.165, 1.54) is 5.69 Å². The molecule has 1 fully saturated rings. The maximum Gasteiger partial charge on any atom is 0.245 e. The quantitative estimate of drug-likeness (QED) is 0.390. The fourth-order valence-corrected chi connectivity index (χ4v) is 4.33. The summed E-state index contributed by atoms with van der Waals surface area (Å²) >= 11 is -2.35. The summed E-state index contributed by atoms with van der Waals surface area (Å²) in [6.07, 6.45) is 5.09. The second-order valence-electron chi connectivity index (χ2n) is 8.19. The van der Waals surface area contributed by atoms with Gasteiger partial charge in [-0.3, -0.25) is 9.19 Å². The molecule has 1 aliphatic heterocycles. The number of aromatic nitrogens is 4. The topological polar surface area (TPSA) is 114 Å². The van der Waals surface area contributed by atoms with Gasteiger partial charge in [0.1, 0.15) is 0 Å². The average molecular weight is 478 g/mol. The minimum atomic E-state index is -2.35. The normalized spacial score (nSPS) is 15.5. The molecule has 0 amide bonds. The van der Waals surface area contributed by atoms with Gasteiger partial charge in [-0.25, -0.2) is 14.2 Å². The van der Waals surface area contributed by atoms with E-state index in [-0.39, 0.29) is 6.54 Å². The van der Waals surface area contributed by atoms with Gasteiger partial charge in [-0.15, -0.1) is 5.10 Å². The van der Waals surface area contributed by atoms with Gasteiger partial charge in [0.15, 0.2) is 0 Å². The second-order valence-corrected chi connectivity index (χ2v) is 8.95. The smallest absolute Gasteiger partial charge is 0.245 e. The molecule has 5 rings (SSSR count). The minimum Gasteiger partial charge on any atom is -0.760 e. The van der Waals surface area contributed by atoms with Gasteiger partial charge in [-0.05, 0) is 55.1 Å². The van der Waals surface area contributed by atoms with Gasteiger partial charge in [0.25, 0.3) is 0 Å². The first-order valence-electron chi connectivity index (χ1n) is 11.0. The summed E-state index contributed by atoms with van der Waals surface area (Å²) in [5.74, 6) is 0.460. The summed E-state index contributed by atoms with van der Waals surface area (Å²) in [6, 6.07) is 13.9. The Morgan fingerprint density at radius 2 is 1.82 bits per heavy atom. The van der Waals surface area contributed by atoms with E-state index < -0.39 is 11.3 Å². The average Bonchev–Trinajstić information content (AvgIpc) is 3.27. The summed E-state index contributed by atoms with van der Waals surface area (Å²) in [7, 11) is 2.15. The van der Waals surface area contributed by atoms with Crippen LogP contribution in [0.5, 0.6) is 0 Å². The van der Waals surface area contributed by atoms with Crippen molar-refractivity contribution in [2.45, 2.75) is 6.54 Å². The fourth-order valence-electron chi connectivity index (χ4n) is 4.06. The van der Waals surface area contributed by atoms with Crippen molar-refractivity contribution in [3.8, 4) is 11.3 Å². The molecule has 2 N–H and O–H groups in total. The third kappa shape index (κ3) is 4.92. The molecular formula is C23H25N8O2S-. The first-order valence-corrected chi connectivity index (χ1v) is 12.1. The molecule has 1 aliphatic rings. The highest BCUT2D eigenvalue weighted by molar-refractivity contribution is 7.77. The lowest BCUT2D eigenvalue weighted by molar-refractivity contribution is 0.313. The zero-order valence-corrected chi connectivity index (χ0v) is 19.5. The van der Waals surface area contributed by atoms with E-state index in [4.69, 9.17) is 0 Å². The number of nitrogens with one attached hydrogen (secondary N) is 2. The number of pyridine rings is 1. The fraction of sp³-hybridized carbons (Fsp3) is 0.261. The van der Waals surface area contributed by atoms with Crippen LogP contribution in [0.2, 0.25) is 0 Å². The molecule has 176 valence electrons. The third-order valence-corrected chi connectivity index (χ3v) is 6.34. The Morgan fingerprint density at radius 3 is 2.59 bits per heavy atom. The van der Waals surface area contributed by atoms with Crippen molar-refractivity contribution >= 4 is 34.1 Å². The molecule has 1 aromatic carbocycles. The van der Waals surface area contributed by atoms with Gasteiger partial charge in [0.05, 0.1) is 17.4 Å². The first kappa shape index (κ1) is 22.4. The van der Waals surface area contributed by atoms with Crippen LogP contribution in [0.1, 0.15) is 5.56 Å². The number of likely N-dealkylation sites (N-methyl/N-ethyl adjacent to an activating group) is 1. The lowest BCUT2D eigenvalue weighted by atomic mass is 10.1. The zero-order chi connectivity index (χ0) is 23.5. The van der Waals surface area contributed by atoms with Crippen LogP contribution >= 0.6 is 0 Å². The Kier molecular flexibility index (Phi) is 6.50. The largest absolute Gasteiger partial charge is 0.760 e. The SMILES string of the molecule is CN1CCN(c2ccc(Nc3ncc4ccc(-c5cnccc5CNS(=O)[O-])n4n3)cc2)CC1. The van der Waals surface area contributed by atoms with Gasteiger partial charge in [0, 0.05) is 73.3 Å². The van der Waals surface area contributed by atoms with Crippen LogP contribution in [-0.4, -0.2) is 66.5 Å². The number of piperazine rings is 1. The molecular weight excluding hydrogens is 452 g/mol. The van der Waals surface area contributed by atoms with Gasteiger partial charge < -0.3 is 19.7 Å². The summed E-state index contributed by atoms with van der Waals surface area (Å²) in [4.78, 5) is 13.4. The van der Waals surface area contributed by atoms with E-state index >= 15 is 0 Å². The predicted molar refractivity (Wildman–Crippen MR) is 131 cm³/mol.